The molecule has 2 aromatic carbocycles. The van der Waals surface area contributed by atoms with Crippen molar-refractivity contribution in [2.45, 2.75) is 25.9 Å². The second kappa shape index (κ2) is 9.43. The Kier molecular flexibility index (Phi) is 6.17. The summed E-state index contributed by atoms with van der Waals surface area (Å²) >= 11 is 5.88. The minimum absolute atomic E-state index is 0.0796. The molecule has 0 unspecified atom stereocenters. The van der Waals surface area contributed by atoms with Gasteiger partial charge in [-0.05, 0) is 98.4 Å². The molecule has 7 heteroatoms. The van der Waals surface area contributed by atoms with E-state index in [1.54, 1.807) is 14.2 Å². The lowest BCUT2D eigenvalue weighted by Gasteiger charge is -2.28. The number of hydrogen-bond acceptors (Lipinski definition) is 4. The van der Waals surface area contributed by atoms with Crippen molar-refractivity contribution in [2.24, 2.45) is 0 Å². The van der Waals surface area contributed by atoms with Crippen molar-refractivity contribution in [3.63, 3.8) is 0 Å². The van der Waals surface area contributed by atoms with Crippen LogP contribution in [0.1, 0.15) is 34.7 Å². The molecule has 1 saturated heterocycles. The first kappa shape index (κ1) is 22.9. The number of rotatable bonds is 6. The monoisotopic (exact) mass is 484 g/mol. The Balaban J connectivity index is 1.64. The van der Waals surface area contributed by atoms with E-state index in [0.717, 1.165) is 40.0 Å². The molecular formula is C28H28N4O2S. The predicted molar refractivity (Wildman–Crippen MR) is 143 cm³/mol. The van der Waals surface area contributed by atoms with E-state index < -0.39 is 0 Å². The summed E-state index contributed by atoms with van der Waals surface area (Å²) in [6, 6.07) is 24.2. The molecule has 2 atom stereocenters. The van der Waals surface area contributed by atoms with Gasteiger partial charge in [-0.25, -0.2) is 0 Å². The molecular weight excluding hydrogens is 456 g/mol. The summed E-state index contributed by atoms with van der Waals surface area (Å²) in [6.07, 6.45) is 1.83. The van der Waals surface area contributed by atoms with E-state index in [9.17, 15) is 0 Å². The van der Waals surface area contributed by atoms with Crippen LogP contribution < -0.4 is 19.7 Å². The largest absolute Gasteiger partial charge is 0.497 e. The maximum Gasteiger partial charge on any atom is 0.174 e. The molecule has 0 saturated carbocycles. The van der Waals surface area contributed by atoms with Gasteiger partial charge in [-0.3, -0.25) is 4.98 Å². The Hall–Kier alpha value is -3.84. The molecule has 178 valence electrons. The Morgan fingerprint density at radius 2 is 1.49 bits per heavy atom. The van der Waals surface area contributed by atoms with E-state index in [1.165, 1.54) is 5.56 Å². The molecule has 1 fully saturated rings. The van der Waals surface area contributed by atoms with Crippen LogP contribution in [0, 0.1) is 13.8 Å². The van der Waals surface area contributed by atoms with Gasteiger partial charge < -0.3 is 24.3 Å². The van der Waals surface area contributed by atoms with Crippen LogP contribution in [0.2, 0.25) is 0 Å². The SMILES string of the molecule is COc1ccc(N2C(=S)N[C@@H](c3ccccn3)[C@@H]2c2cc(C)n(-c3ccc(OC)cc3)c2C)cc1. The Labute approximate surface area is 211 Å². The number of anilines is 1. The number of aryl methyl sites for hydroxylation is 1. The quantitative estimate of drug-likeness (QED) is 0.355. The normalized spacial score (nSPS) is 17.4. The number of ether oxygens (including phenoxy) is 2. The van der Waals surface area contributed by atoms with Gasteiger partial charge in [-0.1, -0.05) is 6.07 Å². The number of nitrogens with zero attached hydrogens (tertiary/aromatic N) is 3. The molecule has 1 aliphatic heterocycles. The highest BCUT2D eigenvalue weighted by atomic mass is 32.1. The van der Waals surface area contributed by atoms with Crippen molar-refractivity contribution in [1.82, 2.24) is 14.9 Å². The molecule has 3 heterocycles. The van der Waals surface area contributed by atoms with Crippen molar-refractivity contribution in [3.05, 3.63) is 102 Å². The first-order valence-electron chi connectivity index (χ1n) is 11.5. The van der Waals surface area contributed by atoms with Gasteiger partial charge >= 0.3 is 0 Å². The third kappa shape index (κ3) is 4.12. The minimum atomic E-state index is -0.101. The number of aromatic nitrogens is 2. The summed E-state index contributed by atoms with van der Waals surface area (Å²) in [5, 5.41) is 4.22. The third-order valence-electron chi connectivity index (χ3n) is 6.57. The highest BCUT2D eigenvalue weighted by molar-refractivity contribution is 7.80. The fourth-order valence-corrected chi connectivity index (χ4v) is 5.25. The molecule has 5 rings (SSSR count). The lowest BCUT2D eigenvalue weighted by molar-refractivity contribution is 0.414. The van der Waals surface area contributed by atoms with Crippen LogP contribution in [0.5, 0.6) is 11.5 Å². The summed E-state index contributed by atoms with van der Waals surface area (Å²) in [5.41, 5.74) is 6.53. The van der Waals surface area contributed by atoms with Crippen LogP contribution in [0.25, 0.3) is 5.69 Å². The molecule has 0 radical (unpaired) electrons. The molecule has 0 aliphatic carbocycles. The molecule has 35 heavy (non-hydrogen) atoms. The summed E-state index contributed by atoms with van der Waals surface area (Å²) in [7, 11) is 3.35. The highest BCUT2D eigenvalue weighted by Gasteiger charge is 2.42. The summed E-state index contributed by atoms with van der Waals surface area (Å²) in [5.74, 6) is 1.64. The maximum atomic E-state index is 5.88. The van der Waals surface area contributed by atoms with Crippen molar-refractivity contribution < 1.29 is 9.47 Å². The van der Waals surface area contributed by atoms with Crippen LogP contribution >= 0.6 is 12.2 Å². The number of benzene rings is 2. The topological polar surface area (TPSA) is 51.5 Å². The summed E-state index contributed by atoms with van der Waals surface area (Å²) in [4.78, 5) is 6.86. The van der Waals surface area contributed by atoms with Crippen LogP contribution in [-0.4, -0.2) is 28.9 Å². The van der Waals surface area contributed by atoms with Crippen LogP contribution in [0.3, 0.4) is 0 Å². The van der Waals surface area contributed by atoms with Gasteiger partial charge in [-0.2, -0.15) is 0 Å². The van der Waals surface area contributed by atoms with Crippen molar-refractivity contribution in [3.8, 4) is 17.2 Å². The zero-order valence-electron chi connectivity index (χ0n) is 20.2. The molecule has 1 N–H and O–H groups in total. The van der Waals surface area contributed by atoms with Crippen LogP contribution in [0.4, 0.5) is 5.69 Å². The lowest BCUT2D eigenvalue weighted by Crippen LogP contribution is -2.29. The number of methoxy groups -OCH3 is 2. The fourth-order valence-electron chi connectivity index (χ4n) is 4.91. The van der Waals surface area contributed by atoms with Crippen LogP contribution in [-0.2, 0) is 0 Å². The Bertz CT molecular complexity index is 1330. The van der Waals surface area contributed by atoms with Gasteiger partial charge in [0, 0.05) is 29.0 Å². The zero-order valence-corrected chi connectivity index (χ0v) is 21.0. The van der Waals surface area contributed by atoms with E-state index in [-0.39, 0.29) is 12.1 Å². The third-order valence-corrected chi connectivity index (χ3v) is 6.88. The van der Waals surface area contributed by atoms with Gasteiger partial charge in [0.05, 0.1) is 32.0 Å². The molecule has 2 aromatic heterocycles. The fraction of sp³-hybridized carbons (Fsp3) is 0.214. The van der Waals surface area contributed by atoms with Gasteiger partial charge in [0.15, 0.2) is 5.11 Å². The minimum Gasteiger partial charge on any atom is -0.497 e. The molecule has 4 aromatic rings. The van der Waals surface area contributed by atoms with Crippen molar-refractivity contribution >= 4 is 23.0 Å². The second-order valence-electron chi connectivity index (χ2n) is 8.55. The molecule has 0 spiro atoms. The summed E-state index contributed by atoms with van der Waals surface area (Å²) in [6.45, 7) is 4.30. The van der Waals surface area contributed by atoms with E-state index in [0.29, 0.717) is 5.11 Å². The first-order chi connectivity index (χ1) is 17.0. The second-order valence-corrected chi connectivity index (χ2v) is 8.94. The molecule has 1 aliphatic rings. The predicted octanol–water partition coefficient (Wildman–Crippen LogP) is 5.68. The van der Waals surface area contributed by atoms with Crippen molar-refractivity contribution in [1.29, 1.82) is 0 Å². The summed E-state index contributed by atoms with van der Waals surface area (Å²) < 4.78 is 13.0. The zero-order chi connectivity index (χ0) is 24.5. The van der Waals surface area contributed by atoms with Gasteiger partial charge in [-0.15, -0.1) is 0 Å². The Morgan fingerprint density at radius 1 is 0.857 bits per heavy atom. The average molecular weight is 485 g/mol. The standard InChI is InChI=1S/C28H28N4O2S/c1-18-17-24(19(2)31(18)20-8-12-22(33-3)13-9-20)27-26(25-7-5-6-16-29-25)30-28(35)32(27)21-10-14-23(34-4)15-11-21/h5-17,26-27H,1-4H3,(H,30,35)/t26-,27-/m0/s1. The average Bonchev–Trinajstić information content (AvgIpc) is 3.39. The first-order valence-corrected chi connectivity index (χ1v) is 11.9. The van der Waals surface area contributed by atoms with Crippen molar-refractivity contribution in [2.75, 3.05) is 19.1 Å². The van der Waals surface area contributed by atoms with E-state index in [4.69, 9.17) is 21.7 Å². The number of nitrogens with one attached hydrogen (secondary N) is 1. The molecule has 0 bridgehead atoms. The Morgan fingerprint density at radius 3 is 2.06 bits per heavy atom. The number of hydrogen-bond donors (Lipinski definition) is 1. The van der Waals surface area contributed by atoms with Gasteiger partial charge in [0.2, 0.25) is 0 Å². The number of thiocarbonyl (C=S) groups is 1. The van der Waals surface area contributed by atoms with E-state index in [2.05, 4.69) is 51.8 Å². The smallest absolute Gasteiger partial charge is 0.174 e. The molecule has 0 amide bonds. The number of pyridine rings is 1. The van der Waals surface area contributed by atoms with Gasteiger partial charge in [0.25, 0.3) is 0 Å². The van der Waals surface area contributed by atoms with E-state index in [1.807, 2.05) is 60.8 Å². The van der Waals surface area contributed by atoms with Crippen LogP contribution in [0.15, 0.2) is 79.0 Å². The van der Waals surface area contributed by atoms with Gasteiger partial charge in [0.1, 0.15) is 11.5 Å². The molecule has 6 nitrogen and oxygen atoms in total. The lowest BCUT2D eigenvalue weighted by atomic mass is 9.96. The van der Waals surface area contributed by atoms with E-state index >= 15 is 0 Å². The maximum absolute atomic E-state index is 5.88. The highest BCUT2D eigenvalue weighted by Crippen LogP contribution is 2.44.